The molecule has 0 aliphatic heterocycles. The highest BCUT2D eigenvalue weighted by molar-refractivity contribution is 9.18. The van der Waals surface area contributed by atoms with Crippen molar-refractivity contribution in [2.45, 2.75) is 33.1 Å². The van der Waals surface area contributed by atoms with Crippen molar-refractivity contribution in [2.75, 3.05) is 20.1 Å². The molecular formula is C17H27BrFN5. The average molecular weight is 400 g/mol. The summed E-state index contributed by atoms with van der Waals surface area (Å²) in [6.07, 6.45) is 1.45. The Kier molecular flexibility index (Phi) is 9.13. The van der Waals surface area contributed by atoms with Crippen LogP contribution in [0.4, 0.5) is 4.39 Å². The number of benzene rings is 1. The van der Waals surface area contributed by atoms with Gasteiger partial charge in [0.1, 0.15) is 10.4 Å². The molecule has 0 aromatic heterocycles. The number of aliphatic imine (C=N–C) groups is 1. The Bertz CT molecular complexity index is 588. The number of nitrogens with two attached hydrogens (primary N) is 1. The van der Waals surface area contributed by atoms with Crippen LogP contribution in [0.2, 0.25) is 0 Å². The van der Waals surface area contributed by atoms with Crippen molar-refractivity contribution < 1.29 is 4.39 Å². The van der Waals surface area contributed by atoms with Gasteiger partial charge in [0.2, 0.25) is 0 Å². The molecule has 2 unspecified atom stereocenters. The fourth-order valence-corrected chi connectivity index (χ4v) is 2.73. The summed E-state index contributed by atoms with van der Waals surface area (Å²) in [6.45, 7) is 7.07. The van der Waals surface area contributed by atoms with Crippen LogP contribution in [-0.2, 0) is 0 Å². The summed E-state index contributed by atoms with van der Waals surface area (Å²) in [5, 5.41) is 9.99. The third-order valence-corrected chi connectivity index (χ3v) is 4.41. The summed E-state index contributed by atoms with van der Waals surface area (Å²) in [7, 11) is 1.88. The molecular weight excluding hydrogens is 373 g/mol. The Hall–Kier alpha value is -1.28. The van der Waals surface area contributed by atoms with Crippen LogP contribution >= 0.6 is 15.9 Å². The molecule has 0 amide bonds. The monoisotopic (exact) mass is 399 g/mol. The van der Waals surface area contributed by atoms with Crippen LogP contribution in [0, 0.1) is 12.7 Å². The zero-order valence-corrected chi connectivity index (χ0v) is 16.2. The largest absolute Gasteiger partial charge is 0.404 e. The van der Waals surface area contributed by atoms with Crippen LogP contribution < -0.4 is 21.7 Å². The molecule has 0 radical (unpaired) electrons. The van der Waals surface area contributed by atoms with E-state index in [2.05, 4.69) is 36.9 Å². The van der Waals surface area contributed by atoms with E-state index in [0.717, 1.165) is 21.3 Å². The Morgan fingerprint density at radius 3 is 2.71 bits per heavy atom. The number of aryl methyl sites for hydroxylation is 1. The second-order valence-electron chi connectivity index (χ2n) is 5.45. The van der Waals surface area contributed by atoms with E-state index >= 15 is 0 Å². The van der Waals surface area contributed by atoms with E-state index in [1.165, 1.54) is 18.3 Å². The zero-order chi connectivity index (χ0) is 18.1. The van der Waals surface area contributed by atoms with Crippen molar-refractivity contribution in [1.29, 1.82) is 0 Å². The minimum atomic E-state index is -0.239. The molecule has 0 heterocycles. The molecule has 24 heavy (non-hydrogen) atoms. The lowest BCUT2D eigenvalue weighted by atomic mass is 10.1. The van der Waals surface area contributed by atoms with Gasteiger partial charge in [0.15, 0.2) is 0 Å². The van der Waals surface area contributed by atoms with Crippen molar-refractivity contribution in [3.8, 4) is 0 Å². The van der Waals surface area contributed by atoms with Gasteiger partial charge in [0.25, 0.3) is 0 Å². The highest BCUT2D eigenvalue weighted by atomic mass is 79.9. The van der Waals surface area contributed by atoms with Crippen LogP contribution in [0.3, 0.4) is 0 Å². The summed E-state index contributed by atoms with van der Waals surface area (Å²) in [5.41, 5.74) is 8.43. The first-order valence-electron chi connectivity index (χ1n) is 7.96. The van der Waals surface area contributed by atoms with Crippen LogP contribution in [-0.4, -0.2) is 30.9 Å². The fraction of sp³-hybridized carbons (Fsp3) is 0.471. The maximum Gasteiger partial charge on any atom is 0.123 e. The summed E-state index contributed by atoms with van der Waals surface area (Å²) >= 11 is 3.44. The Morgan fingerprint density at radius 2 is 2.17 bits per heavy atom. The second-order valence-corrected chi connectivity index (χ2v) is 6.20. The molecule has 1 aromatic carbocycles. The van der Waals surface area contributed by atoms with Crippen molar-refractivity contribution in [3.63, 3.8) is 0 Å². The molecule has 5 nitrogen and oxygen atoms in total. The second kappa shape index (κ2) is 10.6. The van der Waals surface area contributed by atoms with Gasteiger partial charge in [-0.05, 0) is 67.0 Å². The molecule has 1 rings (SSSR count). The van der Waals surface area contributed by atoms with Crippen LogP contribution in [0.25, 0.3) is 0 Å². The van der Waals surface area contributed by atoms with E-state index in [-0.39, 0.29) is 18.1 Å². The number of rotatable bonds is 9. The summed E-state index contributed by atoms with van der Waals surface area (Å²) in [4.78, 5) is 4.32. The molecule has 134 valence electrons. The number of hydrogen-bond donors (Lipinski definition) is 4. The normalized spacial score (nSPS) is 15.4. The quantitative estimate of drug-likeness (QED) is 0.380. The van der Waals surface area contributed by atoms with E-state index in [9.17, 15) is 4.39 Å². The van der Waals surface area contributed by atoms with Crippen molar-refractivity contribution in [3.05, 3.63) is 46.9 Å². The molecule has 7 heteroatoms. The molecule has 2 atom stereocenters. The van der Waals surface area contributed by atoms with Gasteiger partial charge >= 0.3 is 0 Å². The zero-order valence-electron chi connectivity index (χ0n) is 14.7. The maximum absolute atomic E-state index is 13.4. The standard InChI is InChI=1S/C17H27BrFN5/c1-5-22-16(18)13(9-20)10-23-17(24-12(3)21-4)15-7-6-14(19)8-11(15)2/h6-9,12,17,21,23-24H,5,10,20H2,1-4H3. The summed E-state index contributed by atoms with van der Waals surface area (Å²) in [5.74, 6) is -0.239. The third-order valence-electron chi connectivity index (χ3n) is 3.65. The Morgan fingerprint density at radius 1 is 1.46 bits per heavy atom. The molecule has 0 aliphatic rings. The first kappa shape index (κ1) is 20.8. The number of nitrogens with one attached hydrogen (secondary N) is 3. The van der Waals surface area contributed by atoms with E-state index in [1.807, 2.05) is 27.8 Å². The van der Waals surface area contributed by atoms with Crippen LogP contribution in [0.1, 0.15) is 31.1 Å². The lowest BCUT2D eigenvalue weighted by molar-refractivity contribution is 0.373. The van der Waals surface area contributed by atoms with E-state index in [1.54, 1.807) is 6.07 Å². The van der Waals surface area contributed by atoms with Gasteiger partial charge in [0, 0.05) is 24.9 Å². The lowest BCUT2D eigenvalue weighted by Crippen LogP contribution is -2.46. The first-order chi connectivity index (χ1) is 11.4. The predicted molar refractivity (Wildman–Crippen MR) is 103 cm³/mol. The smallest absolute Gasteiger partial charge is 0.123 e. The highest BCUT2D eigenvalue weighted by Gasteiger charge is 2.16. The van der Waals surface area contributed by atoms with Gasteiger partial charge < -0.3 is 11.1 Å². The van der Waals surface area contributed by atoms with Crippen molar-refractivity contribution in [2.24, 2.45) is 10.7 Å². The van der Waals surface area contributed by atoms with Gasteiger partial charge in [0.05, 0.1) is 12.3 Å². The number of hydrogen-bond acceptors (Lipinski definition) is 5. The number of halogens is 2. The maximum atomic E-state index is 13.4. The molecule has 0 spiro atoms. The van der Waals surface area contributed by atoms with Gasteiger partial charge in [-0.15, -0.1) is 0 Å². The van der Waals surface area contributed by atoms with Gasteiger partial charge in [-0.3, -0.25) is 15.6 Å². The van der Waals surface area contributed by atoms with Crippen molar-refractivity contribution in [1.82, 2.24) is 16.0 Å². The molecule has 0 bridgehead atoms. The third kappa shape index (κ3) is 6.32. The van der Waals surface area contributed by atoms with Gasteiger partial charge in [-0.2, -0.15) is 0 Å². The van der Waals surface area contributed by atoms with E-state index in [0.29, 0.717) is 13.1 Å². The Balaban J connectivity index is 2.96. The van der Waals surface area contributed by atoms with E-state index < -0.39 is 0 Å². The van der Waals surface area contributed by atoms with Crippen LogP contribution in [0.15, 0.2) is 35.0 Å². The molecule has 0 saturated carbocycles. The molecule has 0 fully saturated rings. The predicted octanol–water partition coefficient (Wildman–Crippen LogP) is 2.53. The van der Waals surface area contributed by atoms with Gasteiger partial charge in [-0.1, -0.05) is 6.07 Å². The molecule has 0 saturated heterocycles. The molecule has 1 aromatic rings. The molecule has 0 aliphatic carbocycles. The van der Waals surface area contributed by atoms with E-state index in [4.69, 9.17) is 5.73 Å². The fourth-order valence-electron chi connectivity index (χ4n) is 2.21. The van der Waals surface area contributed by atoms with Crippen LogP contribution in [0.5, 0.6) is 0 Å². The number of nitrogens with zero attached hydrogens (tertiary/aromatic N) is 1. The Labute approximate surface area is 152 Å². The van der Waals surface area contributed by atoms with Gasteiger partial charge in [-0.25, -0.2) is 4.39 Å². The minimum absolute atomic E-state index is 0.0741. The SMILES string of the molecule is CCN=C(Br)C(=CN)CNC(NC(C)NC)c1ccc(F)cc1C. The minimum Gasteiger partial charge on any atom is -0.404 e. The summed E-state index contributed by atoms with van der Waals surface area (Å²) < 4.78 is 14.1. The van der Waals surface area contributed by atoms with Crippen molar-refractivity contribution >= 4 is 20.6 Å². The first-order valence-corrected chi connectivity index (χ1v) is 8.76. The highest BCUT2D eigenvalue weighted by Crippen LogP contribution is 2.18. The molecule has 5 N–H and O–H groups in total. The lowest BCUT2D eigenvalue weighted by Gasteiger charge is -2.26. The topological polar surface area (TPSA) is 74.5 Å². The average Bonchev–Trinajstić information content (AvgIpc) is 2.54. The summed E-state index contributed by atoms with van der Waals surface area (Å²) in [6, 6.07) is 4.79.